The molecule has 1 fully saturated rings. The van der Waals surface area contributed by atoms with Crippen LogP contribution in [0.15, 0.2) is 42.6 Å². The standard InChI is InChI=1S/C21H24N4O3/c1-14-9-16(20(26)27)12-25(10-14)21(28)23-18-6-4-5-15-11-24(13-17(15)18)19-7-2-3-8-22-19/h2-8,14,16H,9-13H2,1H3,(H,23,28)(H,26,27). The first-order valence-electron chi connectivity index (χ1n) is 9.56. The number of nitrogens with one attached hydrogen (secondary N) is 1. The van der Waals surface area contributed by atoms with Crippen molar-refractivity contribution in [3.05, 3.63) is 53.7 Å². The molecule has 1 saturated heterocycles. The molecule has 0 radical (unpaired) electrons. The molecule has 2 atom stereocenters. The topological polar surface area (TPSA) is 85.8 Å². The second-order valence-corrected chi connectivity index (χ2v) is 7.70. The zero-order valence-corrected chi connectivity index (χ0v) is 15.8. The molecular weight excluding hydrogens is 356 g/mol. The van der Waals surface area contributed by atoms with E-state index in [1.165, 1.54) is 5.56 Å². The Kier molecular flexibility index (Phi) is 4.90. The molecule has 2 unspecified atom stereocenters. The van der Waals surface area contributed by atoms with Gasteiger partial charge in [0.2, 0.25) is 0 Å². The van der Waals surface area contributed by atoms with Crippen LogP contribution in [0.3, 0.4) is 0 Å². The highest BCUT2D eigenvalue weighted by atomic mass is 16.4. The van der Waals surface area contributed by atoms with Gasteiger partial charge in [-0.15, -0.1) is 0 Å². The zero-order chi connectivity index (χ0) is 19.7. The summed E-state index contributed by atoms with van der Waals surface area (Å²) in [6, 6.07) is 11.5. The molecule has 2 aliphatic heterocycles. The lowest BCUT2D eigenvalue weighted by Gasteiger charge is -2.34. The number of fused-ring (bicyclic) bond motifs is 1. The highest BCUT2D eigenvalue weighted by molar-refractivity contribution is 5.91. The number of carbonyl (C=O) groups excluding carboxylic acids is 1. The molecule has 1 aromatic carbocycles. The lowest BCUT2D eigenvalue weighted by atomic mass is 9.91. The van der Waals surface area contributed by atoms with Crippen LogP contribution in [0, 0.1) is 11.8 Å². The summed E-state index contributed by atoms with van der Waals surface area (Å²) in [5.74, 6) is -0.265. The van der Waals surface area contributed by atoms with Crippen LogP contribution in [0.25, 0.3) is 0 Å². The number of amides is 2. The van der Waals surface area contributed by atoms with Gasteiger partial charge in [-0.2, -0.15) is 0 Å². The lowest BCUT2D eigenvalue weighted by Crippen LogP contribution is -2.47. The van der Waals surface area contributed by atoms with Gasteiger partial charge in [0, 0.05) is 43.6 Å². The Morgan fingerprint density at radius 2 is 2.00 bits per heavy atom. The van der Waals surface area contributed by atoms with Crippen LogP contribution in [0.5, 0.6) is 0 Å². The maximum absolute atomic E-state index is 12.8. The predicted octanol–water partition coefficient (Wildman–Crippen LogP) is 3.18. The number of urea groups is 1. The summed E-state index contributed by atoms with van der Waals surface area (Å²) in [4.78, 5) is 32.4. The SMILES string of the molecule is CC1CC(C(=O)O)CN(C(=O)Nc2cccc3c2CN(c2ccccn2)C3)C1. The number of pyridine rings is 1. The number of carboxylic acid groups (broad SMARTS) is 1. The maximum Gasteiger partial charge on any atom is 0.321 e. The van der Waals surface area contributed by atoms with E-state index in [4.69, 9.17) is 0 Å². The van der Waals surface area contributed by atoms with Crippen molar-refractivity contribution in [3.8, 4) is 0 Å². The third-order valence-corrected chi connectivity index (χ3v) is 5.49. The van der Waals surface area contributed by atoms with Crippen LogP contribution < -0.4 is 10.2 Å². The van der Waals surface area contributed by atoms with Crippen LogP contribution >= 0.6 is 0 Å². The fourth-order valence-electron chi connectivity index (χ4n) is 4.13. The molecule has 1 aromatic heterocycles. The van der Waals surface area contributed by atoms with E-state index in [2.05, 4.69) is 21.3 Å². The Morgan fingerprint density at radius 1 is 1.14 bits per heavy atom. The van der Waals surface area contributed by atoms with Gasteiger partial charge in [-0.25, -0.2) is 9.78 Å². The summed E-state index contributed by atoms with van der Waals surface area (Å²) in [5.41, 5.74) is 3.03. The number of hydrogen-bond donors (Lipinski definition) is 2. The number of aliphatic carboxylic acids is 1. The number of carbonyl (C=O) groups is 2. The summed E-state index contributed by atoms with van der Waals surface area (Å²) in [6.45, 7) is 4.24. The molecule has 2 aliphatic rings. The highest BCUT2D eigenvalue weighted by Gasteiger charge is 2.32. The summed E-state index contributed by atoms with van der Waals surface area (Å²) >= 11 is 0. The van der Waals surface area contributed by atoms with Gasteiger partial charge >= 0.3 is 12.0 Å². The van der Waals surface area contributed by atoms with Crippen molar-refractivity contribution in [1.82, 2.24) is 9.88 Å². The van der Waals surface area contributed by atoms with Crippen molar-refractivity contribution in [2.75, 3.05) is 23.3 Å². The van der Waals surface area contributed by atoms with Crippen molar-refractivity contribution in [1.29, 1.82) is 0 Å². The van der Waals surface area contributed by atoms with Gasteiger partial charge in [0.25, 0.3) is 0 Å². The normalized spacial score (nSPS) is 21.3. The monoisotopic (exact) mass is 380 g/mol. The van der Waals surface area contributed by atoms with E-state index in [9.17, 15) is 14.7 Å². The van der Waals surface area contributed by atoms with E-state index in [1.54, 1.807) is 11.1 Å². The number of benzene rings is 1. The minimum atomic E-state index is -0.837. The van der Waals surface area contributed by atoms with E-state index in [-0.39, 0.29) is 18.5 Å². The molecule has 0 aliphatic carbocycles. The number of piperidine rings is 1. The Hall–Kier alpha value is -3.09. The van der Waals surface area contributed by atoms with E-state index >= 15 is 0 Å². The molecule has 7 nitrogen and oxygen atoms in total. The molecule has 28 heavy (non-hydrogen) atoms. The summed E-state index contributed by atoms with van der Waals surface area (Å²) in [6.07, 6.45) is 2.39. The third kappa shape index (κ3) is 3.65. The Balaban J connectivity index is 1.49. The number of rotatable bonds is 3. The number of likely N-dealkylation sites (tertiary alicyclic amines) is 1. The minimum absolute atomic E-state index is 0.168. The molecule has 0 saturated carbocycles. The van der Waals surface area contributed by atoms with Gasteiger partial charge in [0.15, 0.2) is 0 Å². The van der Waals surface area contributed by atoms with Crippen molar-refractivity contribution in [2.24, 2.45) is 11.8 Å². The molecule has 3 heterocycles. The van der Waals surface area contributed by atoms with Gasteiger partial charge in [0.05, 0.1) is 5.92 Å². The first-order chi connectivity index (χ1) is 13.5. The predicted molar refractivity (Wildman–Crippen MR) is 106 cm³/mol. The van der Waals surface area contributed by atoms with Crippen LogP contribution in [-0.2, 0) is 17.9 Å². The lowest BCUT2D eigenvalue weighted by molar-refractivity contribution is -0.143. The molecule has 2 N–H and O–H groups in total. The average molecular weight is 380 g/mol. The van der Waals surface area contributed by atoms with Crippen LogP contribution in [-0.4, -0.2) is 40.1 Å². The second-order valence-electron chi connectivity index (χ2n) is 7.70. The van der Waals surface area contributed by atoms with Crippen molar-refractivity contribution < 1.29 is 14.7 Å². The molecular formula is C21H24N4O3. The van der Waals surface area contributed by atoms with Crippen LogP contribution in [0.1, 0.15) is 24.5 Å². The largest absolute Gasteiger partial charge is 0.481 e. The Labute approximate surface area is 164 Å². The number of aromatic nitrogens is 1. The summed E-state index contributed by atoms with van der Waals surface area (Å²) in [5, 5.41) is 12.4. The van der Waals surface area contributed by atoms with Gasteiger partial charge in [-0.3, -0.25) is 4.79 Å². The quantitative estimate of drug-likeness (QED) is 0.854. The Morgan fingerprint density at radius 3 is 2.75 bits per heavy atom. The first-order valence-corrected chi connectivity index (χ1v) is 9.56. The van der Waals surface area contributed by atoms with Crippen LogP contribution in [0.2, 0.25) is 0 Å². The van der Waals surface area contributed by atoms with E-state index in [0.717, 1.165) is 23.6 Å². The number of carboxylic acids is 1. The van der Waals surface area contributed by atoms with E-state index < -0.39 is 11.9 Å². The molecule has 0 bridgehead atoms. The molecule has 2 amide bonds. The second kappa shape index (κ2) is 7.50. The molecule has 7 heteroatoms. The van der Waals surface area contributed by atoms with Gasteiger partial charge < -0.3 is 20.2 Å². The van der Waals surface area contributed by atoms with Crippen molar-refractivity contribution >= 4 is 23.5 Å². The van der Waals surface area contributed by atoms with Gasteiger partial charge in [-0.05, 0) is 36.1 Å². The molecule has 4 rings (SSSR count). The van der Waals surface area contributed by atoms with Crippen molar-refractivity contribution in [3.63, 3.8) is 0 Å². The highest BCUT2D eigenvalue weighted by Crippen LogP contribution is 2.32. The zero-order valence-electron chi connectivity index (χ0n) is 15.8. The van der Waals surface area contributed by atoms with Gasteiger partial charge in [-0.1, -0.05) is 25.1 Å². The smallest absolute Gasteiger partial charge is 0.321 e. The van der Waals surface area contributed by atoms with Crippen molar-refractivity contribution in [2.45, 2.75) is 26.4 Å². The number of nitrogens with zero attached hydrogens (tertiary/aromatic N) is 3. The molecule has 2 aromatic rings. The fourth-order valence-corrected chi connectivity index (χ4v) is 4.13. The van der Waals surface area contributed by atoms with Gasteiger partial charge in [0.1, 0.15) is 5.82 Å². The maximum atomic E-state index is 12.8. The number of anilines is 2. The fraction of sp³-hybridized carbons (Fsp3) is 0.381. The Bertz CT molecular complexity index is 886. The molecule has 146 valence electrons. The van der Waals surface area contributed by atoms with E-state index in [1.807, 2.05) is 37.3 Å². The van der Waals surface area contributed by atoms with Crippen LogP contribution in [0.4, 0.5) is 16.3 Å². The summed E-state index contributed by atoms with van der Waals surface area (Å²) in [7, 11) is 0. The molecule has 0 spiro atoms. The summed E-state index contributed by atoms with van der Waals surface area (Å²) < 4.78 is 0. The minimum Gasteiger partial charge on any atom is -0.481 e. The van der Waals surface area contributed by atoms with E-state index in [0.29, 0.717) is 19.5 Å². The number of hydrogen-bond acceptors (Lipinski definition) is 4. The first kappa shape index (κ1) is 18.3. The third-order valence-electron chi connectivity index (χ3n) is 5.49. The average Bonchev–Trinajstić information content (AvgIpc) is 3.13.